The van der Waals surface area contributed by atoms with Crippen molar-refractivity contribution in [2.75, 3.05) is 17.2 Å². The summed E-state index contributed by atoms with van der Waals surface area (Å²) in [6.45, 7) is -0.0562. The number of carbonyl (C=O) groups excluding carboxylic acids is 2. The molecule has 2 amide bonds. The first-order valence-electron chi connectivity index (χ1n) is 6.82. The van der Waals surface area contributed by atoms with E-state index in [1.54, 1.807) is 18.2 Å². The molecule has 0 fully saturated rings. The first-order valence-corrected chi connectivity index (χ1v) is 6.82. The minimum Gasteiger partial charge on any atom is -0.482 e. The van der Waals surface area contributed by atoms with Crippen molar-refractivity contribution in [2.45, 2.75) is 6.42 Å². The maximum Gasteiger partial charge on any atom is 0.262 e. The van der Waals surface area contributed by atoms with Gasteiger partial charge in [0, 0.05) is 0 Å². The predicted octanol–water partition coefficient (Wildman–Crippen LogP) is 2.48. The van der Waals surface area contributed by atoms with Gasteiger partial charge in [0.05, 0.1) is 12.1 Å². The average Bonchev–Trinajstić information content (AvgIpc) is 2.50. The minimum atomic E-state index is -0.843. The van der Waals surface area contributed by atoms with Crippen LogP contribution in [-0.2, 0) is 16.0 Å². The summed E-state index contributed by atoms with van der Waals surface area (Å²) in [5.74, 6) is -2.03. The van der Waals surface area contributed by atoms with E-state index in [2.05, 4.69) is 10.6 Å². The molecule has 3 rings (SSSR count). The number of halogens is 2. The Bertz CT molecular complexity index is 773. The van der Waals surface area contributed by atoms with Gasteiger partial charge in [-0.25, -0.2) is 8.78 Å². The Hall–Kier alpha value is -2.96. The summed E-state index contributed by atoms with van der Waals surface area (Å²) in [6.07, 6.45) is -0.100. The normalized spacial score (nSPS) is 12.9. The van der Waals surface area contributed by atoms with Crippen molar-refractivity contribution >= 4 is 23.2 Å². The van der Waals surface area contributed by atoms with Gasteiger partial charge in [0.25, 0.3) is 5.91 Å². The van der Waals surface area contributed by atoms with Crippen molar-refractivity contribution in [2.24, 2.45) is 0 Å². The van der Waals surface area contributed by atoms with Gasteiger partial charge in [0.2, 0.25) is 5.91 Å². The van der Waals surface area contributed by atoms with Crippen molar-refractivity contribution < 1.29 is 23.1 Å². The lowest BCUT2D eigenvalue weighted by molar-refractivity contribution is -0.118. The standard InChI is InChI=1S/C16H12F2N2O3/c17-10-2-1-3-11(18)16(10)20-14(21)7-9-4-5-13-12(6-9)19-15(22)8-23-13/h1-6H,7-8H2,(H,19,22)(H,20,21). The third-order valence-corrected chi connectivity index (χ3v) is 3.27. The quantitative estimate of drug-likeness (QED) is 0.913. The molecule has 0 saturated carbocycles. The van der Waals surface area contributed by atoms with Gasteiger partial charge in [-0.2, -0.15) is 0 Å². The minimum absolute atomic E-state index is 0.0562. The first-order chi connectivity index (χ1) is 11.0. The Morgan fingerprint density at radius 1 is 1.22 bits per heavy atom. The number of nitrogens with one attached hydrogen (secondary N) is 2. The maximum absolute atomic E-state index is 13.5. The molecule has 118 valence electrons. The molecule has 2 N–H and O–H groups in total. The summed E-state index contributed by atoms with van der Waals surface area (Å²) in [5, 5.41) is 4.83. The second-order valence-electron chi connectivity index (χ2n) is 4.99. The third kappa shape index (κ3) is 3.28. The number of fused-ring (bicyclic) bond motifs is 1. The highest BCUT2D eigenvalue weighted by Gasteiger charge is 2.17. The van der Waals surface area contributed by atoms with Crippen LogP contribution in [0.25, 0.3) is 0 Å². The largest absolute Gasteiger partial charge is 0.482 e. The van der Waals surface area contributed by atoms with E-state index in [1.807, 2.05) is 0 Å². The van der Waals surface area contributed by atoms with E-state index in [-0.39, 0.29) is 18.9 Å². The van der Waals surface area contributed by atoms with Crippen molar-refractivity contribution in [3.05, 3.63) is 53.6 Å². The number of hydrogen-bond donors (Lipinski definition) is 2. The number of para-hydroxylation sites is 1. The van der Waals surface area contributed by atoms with Crippen LogP contribution in [0.15, 0.2) is 36.4 Å². The molecular formula is C16H12F2N2O3. The Morgan fingerprint density at radius 2 is 1.96 bits per heavy atom. The van der Waals surface area contributed by atoms with Crippen LogP contribution in [0.1, 0.15) is 5.56 Å². The SMILES string of the molecule is O=C1COc2ccc(CC(=O)Nc3c(F)cccc3F)cc2N1. The fraction of sp³-hybridized carbons (Fsp3) is 0.125. The molecule has 0 spiro atoms. The second kappa shape index (κ2) is 6.04. The molecule has 23 heavy (non-hydrogen) atoms. The summed E-state index contributed by atoms with van der Waals surface area (Å²) >= 11 is 0. The molecule has 0 atom stereocenters. The zero-order valence-electron chi connectivity index (χ0n) is 11.9. The van der Waals surface area contributed by atoms with Crippen LogP contribution in [0.2, 0.25) is 0 Å². The van der Waals surface area contributed by atoms with Crippen molar-refractivity contribution in [1.82, 2.24) is 0 Å². The highest BCUT2D eigenvalue weighted by molar-refractivity contribution is 5.96. The van der Waals surface area contributed by atoms with Gasteiger partial charge in [-0.1, -0.05) is 12.1 Å². The second-order valence-corrected chi connectivity index (χ2v) is 4.99. The molecule has 0 bridgehead atoms. The Kier molecular flexibility index (Phi) is 3.92. The fourth-order valence-corrected chi connectivity index (χ4v) is 2.23. The predicted molar refractivity (Wildman–Crippen MR) is 79.3 cm³/mol. The lowest BCUT2D eigenvalue weighted by atomic mass is 10.1. The third-order valence-electron chi connectivity index (χ3n) is 3.27. The number of amides is 2. The number of ether oxygens (including phenoxy) is 1. The molecule has 1 aliphatic heterocycles. The van der Waals surface area contributed by atoms with Gasteiger partial charge in [-0.3, -0.25) is 9.59 Å². The maximum atomic E-state index is 13.5. The van der Waals surface area contributed by atoms with Gasteiger partial charge in [-0.05, 0) is 29.8 Å². The summed E-state index contributed by atoms with van der Waals surface area (Å²) < 4.78 is 32.2. The number of benzene rings is 2. The van der Waals surface area contributed by atoms with Crippen LogP contribution >= 0.6 is 0 Å². The Balaban J connectivity index is 1.73. The van der Waals surface area contributed by atoms with Crippen LogP contribution in [0.5, 0.6) is 5.75 Å². The number of anilines is 2. The highest BCUT2D eigenvalue weighted by atomic mass is 19.1. The number of rotatable bonds is 3. The van der Waals surface area contributed by atoms with E-state index >= 15 is 0 Å². The molecule has 0 aliphatic carbocycles. The molecule has 0 saturated heterocycles. The van der Waals surface area contributed by atoms with Crippen LogP contribution in [0.3, 0.4) is 0 Å². The molecule has 0 unspecified atom stereocenters. The summed E-state index contributed by atoms with van der Waals surface area (Å²) in [6, 6.07) is 8.19. The number of hydrogen-bond acceptors (Lipinski definition) is 3. The van der Waals surface area contributed by atoms with Crippen molar-refractivity contribution in [3.8, 4) is 5.75 Å². The topological polar surface area (TPSA) is 67.4 Å². The molecule has 7 heteroatoms. The molecule has 0 radical (unpaired) electrons. The number of carbonyl (C=O) groups is 2. The molecule has 1 aliphatic rings. The van der Waals surface area contributed by atoms with Crippen LogP contribution in [-0.4, -0.2) is 18.4 Å². The first kappa shape index (κ1) is 15.0. The molecule has 2 aromatic carbocycles. The van der Waals surface area contributed by atoms with Gasteiger partial charge in [-0.15, -0.1) is 0 Å². The molecule has 0 aromatic heterocycles. The lowest BCUT2D eigenvalue weighted by Gasteiger charge is -2.18. The van der Waals surface area contributed by atoms with Crippen molar-refractivity contribution in [3.63, 3.8) is 0 Å². The zero-order chi connectivity index (χ0) is 16.4. The van der Waals surface area contributed by atoms with Crippen LogP contribution in [0.4, 0.5) is 20.2 Å². The monoisotopic (exact) mass is 318 g/mol. The summed E-state index contributed by atoms with van der Waals surface area (Å²) in [4.78, 5) is 23.2. The van der Waals surface area contributed by atoms with E-state index in [9.17, 15) is 18.4 Å². The van der Waals surface area contributed by atoms with Crippen molar-refractivity contribution in [1.29, 1.82) is 0 Å². The van der Waals surface area contributed by atoms with Crippen LogP contribution in [0, 0.1) is 11.6 Å². The average molecular weight is 318 g/mol. The van der Waals surface area contributed by atoms with E-state index in [4.69, 9.17) is 4.74 Å². The lowest BCUT2D eigenvalue weighted by Crippen LogP contribution is -2.25. The fourth-order valence-electron chi connectivity index (χ4n) is 2.23. The molecule has 5 nitrogen and oxygen atoms in total. The summed E-state index contributed by atoms with van der Waals surface area (Å²) in [5.41, 5.74) is 0.555. The van der Waals surface area contributed by atoms with E-state index < -0.39 is 23.2 Å². The van der Waals surface area contributed by atoms with Gasteiger partial charge in [0.15, 0.2) is 6.61 Å². The van der Waals surface area contributed by atoms with Crippen LogP contribution < -0.4 is 15.4 Å². The summed E-state index contributed by atoms with van der Waals surface area (Å²) in [7, 11) is 0. The van der Waals surface area contributed by atoms with Gasteiger partial charge >= 0.3 is 0 Å². The van der Waals surface area contributed by atoms with Gasteiger partial charge < -0.3 is 15.4 Å². The highest BCUT2D eigenvalue weighted by Crippen LogP contribution is 2.28. The smallest absolute Gasteiger partial charge is 0.262 e. The van der Waals surface area contributed by atoms with Gasteiger partial charge in [0.1, 0.15) is 23.1 Å². The molecule has 2 aromatic rings. The molecular weight excluding hydrogens is 306 g/mol. The van der Waals surface area contributed by atoms with E-state index in [0.29, 0.717) is 17.0 Å². The van der Waals surface area contributed by atoms with E-state index in [0.717, 1.165) is 12.1 Å². The Morgan fingerprint density at radius 3 is 2.70 bits per heavy atom. The molecule has 1 heterocycles. The van der Waals surface area contributed by atoms with E-state index in [1.165, 1.54) is 6.07 Å². The Labute approximate surface area is 130 Å². The zero-order valence-corrected chi connectivity index (χ0v) is 11.9.